The average molecular weight is 283 g/mol. The molecule has 1 aromatic heterocycles. The SMILES string of the molecule is NC(=O)c1cc(N2Cc3ccc(C(=O)O)cc3C2)ccn1. The van der Waals surface area contributed by atoms with Crippen molar-refractivity contribution in [1.29, 1.82) is 0 Å². The van der Waals surface area contributed by atoms with Crippen molar-refractivity contribution in [2.75, 3.05) is 4.90 Å². The number of fused-ring (bicyclic) bond motifs is 1. The Balaban J connectivity index is 1.89. The zero-order valence-corrected chi connectivity index (χ0v) is 11.1. The van der Waals surface area contributed by atoms with Gasteiger partial charge in [-0.25, -0.2) is 4.79 Å². The van der Waals surface area contributed by atoms with Crippen molar-refractivity contribution in [3.05, 3.63) is 58.9 Å². The Morgan fingerprint density at radius 2 is 1.90 bits per heavy atom. The number of hydrogen-bond donors (Lipinski definition) is 2. The van der Waals surface area contributed by atoms with Gasteiger partial charge < -0.3 is 15.7 Å². The lowest BCUT2D eigenvalue weighted by Gasteiger charge is -2.17. The number of hydrogen-bond acceptors (Lipinski definition) is 4. The molecule has 1 amide bonds. The number of primary amides is 1. The maximum atomic E-state index is 11.2. The fraction of sp³-hybridized carbons (Fsp3) is 0.133. The number of aromatic nitrogens is 1. The lowest BCUT2D eigenvalue weighted by Crippen LogP contribution is -2.17. The second-order valence-corrected chi connectivity index (χ2v) is 4.91. The molecule has 0 bridgehead atoms. The van der Waals surface area contributed by atoms with Gasteiger partial charge in [-0.15, -0.1) is 0 Å². The van der Waals surface area contributed by atoms with E-state index < -0.39 is 11.9 Å². The molecule has 0 unspecified atom stereocenters. The van der Waals surface area contributed by atoms with Crippen molar-refractivity contribution >= 4 is 17.6 Å². The summed E-state index contributed by atoms with van der Waals surface area (Å²) in [6.45, 7) is 1.26. The Labute approximate surface area is 120 Å². The van der Waals surface area contributed by atoms with E-state index in [2.05, 4.69) is 4.98 Å². The number of carbonyl (C=O) groups is 2. The van der Waals surface area contributed by atoms with Crippen molar-refractivity contribution in [3.8, 4) is 0 Å². The first-order valence-electron chi connectivity index (χ1n) is 6.40. The summed E-state index contributed by atoms with van der Waals surface area (Å²) in [5, 5.41) is 9.02. The maximum absolute atomic E-state index is 11.2. The molecule has 3 N–H and O–H groups in total. The molecule has 0 radical (unpaired) electrons. The van der Waals surface area contributed by atoms with Crippen LogP contribution in [0.5, 0.6) is 0 Å². The van der Waals surface area contributed by atoms with Crippen LogP contribution in [0.15, 0.2) is 36.5 Å². The van der Waals surface area contributed by atoms with Gasteiger partial charge in [-0.2, -0.15) is 0 Å². The molecule has 0 aliphatic carbocycles. The van der Waals surface area contributed by atoms with Gasteiger partial charge in [-0.1, -0.05) is 6.07 Å². The van der Waals surface area contributed by atoms with Gasteiger partial charge in [0.2, 0.25) is 0 Å². The minimum absolute atomic E-state index is 0.217. The smallest absolute Gasteiger partial charge is 0.335 e. The number of pyridine rings is 1. The number of anilines is 1. The molecule has 2 aromatic rings. The molecule has 21 heavy (non-hydrogen) atoms. The van der Waals surface area contributed by atoms with Gasteiger partial charge in [-0.3, -0.25) is 9.78 Å². The monoisotopic (exact) mass is 283 g/mol. The molecular formula is C15H13N3O3. The molecule has 1 aliphatic heterocycles. The highest BCUT2D eigenvalue weighted by atomic mass is 16.4. The van der Waals surface area contributed by atoms with Crippen molar-refractivity contribution in [2.24, 2.45) is 5.73 Å². The van der Waals surface area contributed by atoms with Crippen LogP contribution >= 0.6 is 0 Å². The standard InChI is InChI=1S/C15H13N3O3/c16-14(19)13-6-12(3-4-17-13)18-7-10-2-1-9(15(20)21)5-11(10)8-18/h1-6H,7-8H2,(H2,16,19)(H,20,21). The topological polar surface area (TPSA) is 96.5 Å². The molecule has 6 nitrogen and oxygen atoms in total. The number of carboxylic acid groups (broad SMARTS) is 1. The van der Waals surface area contributed by atoms with Gasteiger partial charge in [0.15, 0.2) is 0 Å². The molecule has 0 fully saturated rings. The van der Waals surface area contributed by atoms with E-state index in [1.165, 1.54) is 0 Å². The Hall–Kier alpha value is -2.89. The minimum Gasteiger partial charge on any atom is -0.478 e. The van der Waals surface area contributed by atoms with Crippen molar-refractivity contribution in [2.45, 2.75) is 13.1 Å². The van der Waals surface area contributed by atoms with Crippen LogP contribution in [0, 0.1) is 0 Å². The van der Waals surface area contributed by atoms with E-state index in [-0.39, 0.29) is 11.3 Å². The molecule has 1 aliphatic rings. The number of carbonyl (C=O) groups excluding carboxylic acids is 1. The number of carboxylic acids is 1. The van der Waals surface area contributed by atoms with Crippen molar-refractivity contribution in [3.63, 3.8) is 0 Å². The Morgan fingerprint density at radius 1 is 1.14 bits per heavy atom. The quantitative estimate of drug-likeness (QED) is 0.887. The van der Waals surface area contributed by atoms with E-state index in [0.29, 0.717) is 13.1 Å². The third-order valence-corrected chi connectivity index (χ3v) is 3.54. The summed E-state index contributed by atoms with van der Waals surface area (Å²) < 4.78 is 0. The van der Waals surface area contributed by atoms with Gasteiger partial charge >= 0.3 is 5.97 Å². The number of aromatic carboxylic acids is 1. The Bertz CT molecular complexity index is 743. The second-order valence-electron chi connectivity index (χ2n) is 4.91. The molecule has 106 valence electrons. The van der Waals surface area contributed by atoms with E-state index in [1.807, 2.05) is 11.0 Å². The third kappa shape index (κ3) is 2.43. The molecule has 1 aromatic carbocycles. The fourth-order valence-corrected chi connectivity index (χ4v) is 2.46. The zero-order valence-electron chi connectivity index (χ0n) is 11.1. The van der Waals surface area contributed by atoms with Crippen LogP contribution in [0.1, 0.15) is 32.0 Å². The van der Waals surface area contributed by atoms with Gasteiger partial charge in [-0.05, 0) is 35.4 Å². The Kier molecular flexibility index (Phi) is 3.06. The number of nitrogens with zero attached hydrogens (tertiary/aromatic N) is 2. The minimum atomic E-state index is -0.934. The summed E-state index contributed by atoms with van der Waals surface area (Å²) in [5.41, 5.74) is 8.63. The normalized spacial score (nSPS) is 13.0. The van der Waals surface area contributed by atoms with Crippen LogP contribution in [0.4, 0.5) is 5.69 Å². The first kappa shape index (κ1) is 13.1. The number of rotatable bonds is 3. The van der Waals surface area contributed by atoms with Gasteiger partial charge in [0.05, 0.1) is 5.56 Å². The summed E-state index contributed by atoms with van der Waals surface area (Å²) in [7, 11) is 0. The largest absolute Gasteiger partial charge is 0.478 e. The predicted molar refractivity (Wildman–Crippen MR) is 76.0 cm³/mol. The van der Waals surface area contributed by atoms with Crippen LogP contribution in [-0.2, 0) is 13.1 Å². The van der Waals surface area contributed by atoms with E-state index >= 15 is 0 Å². The summed E-state index contributed by atoms with van der Waals surface area (Å²) in [6, 6.07) is 8.57. The zero-order chi connectivity index (χ0) is 15.0. The highest BCUT2D eigenvalue weighted by Crippen LogP contribution is 2.29. The lowest BCUT2D eigenvalue weighted by molar-refractivity contribution is 0.0696. The van der Waals surface area contributed by atoms with Crippen molar-refractivity contribution in [1.82, 2.24) is 4.98 Å². The number of benzene rings is 1. The van der Waals surface area contributed by atoms with Crippen LogP contribution in [0.2, 0.25) is 0 Å². The molecule has 2 heterocycles. The van der Waals surface area contributed by atoms with Gasteiger partial charge in [0.1, 0.15) is 5.69 Å². The second kappa shape index (κ2) is 4.90. The molecule has 0 saturated carbocycles. The molecular weight excluding hydrogens is 270 g/mol. The highest BCUT2D eigenvalue weighted by Gasteiger charge is 2.21. The first-order valence-corrected chi connectivity index (χ1v) is 6.40. The number of amides is 1. The molecule has 0 spiro atoms. The van der Waals surface area contributed by atoms with Gasteiger partial charge in [0, 0.05) is 25.0 Å². The van der Waals surface area contributed by atoms with E-state index in [4.69, 9.17) is 10.8 Å². The van der Waals surface area contributed by atoms with Crippen LogP contribution in [-0.4, -0.2) is 22.0 Å². The lowest BCUT2D eigenvalue weighted by atomic mass is 10.1. The molecule has 6 heteroatoms. The molecule has 0 saturated heterocycles. The third-order valence-electron chi connectivity index (χ3n) is 3.54. The van der Waals surface area contributed by atoms with E-state index in [1.54, 1.807) is 30.5 Å². The molecule has 0 atom stereocenters. The van der Waals surface area contributed by atoms with Crippen LogP contribution in [0.25, 0.3) is 0 Å². The summed E-state index contributed by atoms with van der Waals surface area (Å²) >= 11 is 0. The summed E-state index contributed by atoms with van der Waals surface area (Å²) in [5.74, 6) is -1.50. The first-order chi connectivity index (χ1) is 10.0. The Morgan fingerprint density at radius 3 is 2.62 bits per heavy atom. The van der Waals surface area contributed by atoms with Crippen LogP contribution in [0.3, 0.4) is 0 Å². The van der Waals surface area contributed by atoms with Crippen LogP contribution < -0.4 is 10.6 Å². The number of nitrogens with two attached hydrogens (primary N) is 1. The van der Waals surface area contributed by atoms with Crippen molar-refractivity contribution < 1.29 is 14.7 Å². The summed E-state index contributed by atoms with van der Waals surface area (Å²) in [4.78, 5) is 28.1. The van der Waals surface area contributed by atoms with Gasteiger partial charge in [0.25, 0.3) is 5.91 Å². The van der Waals surface area contributed by atoms with E-state index in [9.17, 15) is 9.59 Å². The maximum Gasteiger partial charge on any atom is 0.335 e. The predicted octanol–water partition coefficient (Wildman–Crippen LogP) is 1.40. The fourth-order valence-electron chi connectivity index (χ4n) is 2.46. The van der Waals surface area contributed by atoms with E-state index in [0.717, 1.165) is 16.8 Å². The summed E-state index contributed by atoms with van der Waals surface area (Å²) in [6.07, 6.45) is 1.54. The highest BCUT2D eigenvalue weighted by molar-refractivity contribution is 5.91. The average Bonchev–Trinajstić information content (AvgIpc) is 2.90. The molecule has 3 rings (SSSR count).